The molecule has 0 unspecified atom stereocenters. The van der Waals surface area contributed by atoms with Gasteiger partial charge in [0.15, 0.2) is 11.5 Å². The molecule has 1 fully saturated rings. The number of ether oxygens (including phenoxy) is 2. The molecule has 4 aromatic rings. The van der Waals surface area contributed by atoms with E-state index in [4.69, 9.17) is 9.47 Å². The smallest absolute Gasteiger partial charge is 0.293 e. The third kappa shape index (κ3) is 5.41. The van der Waals surface area contributed by atoms with Crippen LogP contribution in [0.4, 0.5) is 4.79 Å². The van der Waals surface area contributed by atoms with Crippen molar-refractivity contribution in [2.24, 2.45) is 0 Å². The highest BCUT2D eigenvalue weighted by Gasteiger charge is 2.35. The van der Waals surface area contributed by atoms with Gasteiger partial charge in [-0.05, 0) is 70.9 Å². The average Bonchev–Trinajstić information content (AvgIpc) is 3.20. The van der Waals surface area contributed by atoms with Gasteiger partial charge >= 0.3 is 0 Å². The lowest BCUT2D eigenvalue weighted by Crippen LogP contribution is -2.27. The highest BCUT2D eigenvalue weighted by Crippen LogP contribution is 2.36. The fourth-order valence-corrected chi connectivity index (χ4v) is 5.06. The maximum atomic E-state index is 13.1. The van der Waals surface area contributed by atoms with Crippen molar-refractivity contribution in [3.05, 3.63) is 112 Å². The normalized spacial score (nSPS) is 14.2. The highest BCUT2D eigenvalue weighted by molar-refractivity contribution is 8.18. The van der Waals surface area contributed by atoms with E-state index in [-0.39, 0.29) is 24.3 Å². The molecule has 0 aromatic heterocycles. The molecule has 0 aliphatic carbocycles. The van der Waals surface area contributed by atoms with Crippen LogP contribution in [0.5, 0.6) is 11.5 Å². The Labute approximate surface area is 225 Å². The molecular weight excluding hydrogens is 496 g/mol. The summed E-state index contributed by atoms with van der Waals surface area (Å²) in [4.78, 5) is 27.5. The topological polar surface area (TPSA) is 79.6 Å². The van der Waals surface area contributed by atoms with Crippen LogP contribution in [-0.4, -0.2) is 22.7 Å². The summed E-state index contributed by atoms with van der Waals surface area (Å²) in [5.74, 6) is 0.729. The second kappa shape index (κ2) is 11.2. The predicted molar refractivity (Wildman–Crippen MR) is 149 cm³/mol. The molecule has 0 atom stereocenters. The van der Waals surface area contributed by atoms with Crippen LogP contribution in [0.15, 0.2) is 89.8 Å². The average molecular weight is 521 g/mol. The molecule has 1 aliphatic heterocycles. The van der Waals surface area contributed by atoms with Gasteiger partial charge < -0.3 is 9.47 Å². The van der Waals surface area contributed by atoms with Crippen molar-refractivity contribution in [1.82, 2.24) is 4.90 Å². The summed E-state index contributed by atoms with van der Waals surface area (Å²) in [5, 5.41) is 11.2. The molecule has 1 saturated heterocycles. The van der Waals surface area contributed by atoms with Crippen molar-refractivity contribution < 1.29 is 19.1 Å². The van der Waals surface area contributed by atoms with E-state index in [2.05, 4.69) is 6.07 Å². The molecule has 2 amide bonds. The minimum absolute atomic E-state index is 0.216. The van der Waals surface area contributed by atoms with Gasteiger partial charge in [-0.3, -0.25) is 14.5 Å². The van der Waals surface area contributed by atoms with Crippen molar-refractivity contribution in [2.75, 3.05) is 6.61 Å². The zero-order valence-corrected chi connectivity index (χ0v) is 21.5. The van der Waals surface area contributed by atoms with Gasteiger partial charge in [0.25, 0.3) is 11.1 Å². The minimum Gasteiger partial charge on any atom is -0.490 e. The lowest BCUT2D eigenvalue weighted by molar-refractivity contribution is -0.123. The molecular formula is C31H24N2O4S. The summed E-state index contributed by atoms with van der Waals surface area (Å²) in [5.41, 5.74) is 2.95. The number of nitrogens with zero attached hydrogens (tertiary/aromatic N) is 2. The SMILES string of the molecule is CCOc1cc(C=C2SC(=O)N(Cc3ccc4ccccc4c3)C2=O)ccc1OCc1ccccc1C#N. The van der Waals surface area contributed by atoms with Crippen molar-refractivity contribution in [3.8, 4) is 17.6 Å². The van der Waals surface area contributed by atoms with E-state index in [1.165, 1.54) is 4.90 Å². The van der Waals surface area contributed by atoms with Gasteiger partial charge in [-0.15, -0.1) is 0 Å². The molecule has 4 aromatic carbocycles. The van der Waals surface area contributed by atoms with Gasteiger partial charge in [0, 0.05) is 5.56 Å². The summed E-state index contributed by atoms with van der Waals surface area (Å²) in [7, 11) is 0. The van der Waals surface area contributed by atoms with Crippen molar-refractivity contribution in [1.29, 1.82) is 5.26 Å². The van der Waals surface area contributed by atoms with Crippen LogP contribution in [0, 0.1) is 11.3 Å². The van der Waals surface area contributed by atoms with Crippen molar-refractivity contribution >= 4 is 39.8 Å². The summed E-state index contributed by atoms with van der Waals surface area (Å²) in [6.07, 6.45) is 1.70. The Morgan fingerprint density at radius 3 is 2.50 bits per heavy atom. The largest absolute Gasteiger partial charge is 0.490 e. The Balaban J connectivity index is 1.33. The summed E-state index contributed by atoms with van der Waals surface area (Å²) in [6.45, 7) is 2.74. The first-order chi connectivity index (χ1) is 18.6. The fourth-order valence-electron chi connectivity index (χ4n) is 4.22. The molecule has 0 spiro atoms. The number of hydrogen-bond donors (Lipinski definition) is 0. The Morgan fingerprint density at radius 2 is 1.68 bits per heavy atom. The lowest BCUT2D eigenvalue weighted by atomic mass is 10.1. The summed E-state index contributed by atoms with van der Waals surface area (Å²) < 4.78 is 11.7. The third-order valence-corrected chi connectivity index (χ3v) is 7.02. The molecule has 7 heteroatoms. The second-order valence-corrected chi connectivity index (χ2v) is 9.64. The van der Waals surface area contributed by atoms with E-state index in [1.54, 1.807) is 24.3 Å². The lowest BCUT2D eigenvalue weighted by Gasteiger charge is -2.14. The molecule has 0 saturated carbocycles. The predicted octanol–water partition coefficient (Wildman–Crippen LogP) is 6.93. The molecule has 1 heterocycles. The van der Waals surface area contributed by atoms with Crippen LogP contribution in [-0.2, 0) is 17.9 Å². The van der Waals surface area contributed by atoms with Gasteiger partial charge in [0.2, 0.25) is 0 Å². The van der Waals surface area contributed by atoms with Crippen LogP contribution in [0.25, 0.3) is 16.8 Å². The Kier molecular flexibility index (Phi) is 7.43. The number of fused-ring (bicyclic) bond motifs is 1. The number of carbonyl (C=O) groups is 2. The van der Waals surface area contributed by atoms with Crippen LogP contribution in [0.3, 0.4) is 0 Å². The first-order valence-electron chi connectivity index (χ1n) is 12.2. The number of rotatable bonds is 8. The van der Waals surface area contributed by atoms with E-state index in [9.17, 15) is 14.9 Å². The monoisotopic (exact) mass is 520 g/mol. The third-order valence-electron chi connectivity index (χ3n) is 6.11. The molecule has 38 heavy (non-hydrogen) atoms. The van der Waals surface area contributed by atoms with Gasteiger partial charge in [-0.2, -0.15) is 5.26 Å². The standard InChI is InChI=1S/C31H24N2O4S/c1-2-36-28-16-21(12-14-27(28)37-20-26-10-6-5-9-25(26)18-32)17-29-30(34)33(31(35)38-29)19-22-11-13-23-7-3-4-8-24(23)15-22/h3-17H,2,19-20H2,1H3. The van der Waals surface area contributed by atoms with E-state index in [1.807, 2.05) is 73.7 Å². The number of amides is 2. The second-order valence-electron chi connectivity index (χ2n) is 8.65. The molecule has 1 aliphatic rings. The van der Waals surface area contributed by atoms with E-state index < -0.39 is 0 Å². The number of benzene rings is 4. The minimum atomic E-state index is -0.320. The Hall–Kier alpha value is -4.54. The van der Waals surface area contributed by atoms with Crippen LogP contribution < -0.4 is 9.47 Å². The molecule has 0 radical (unpaired) electrons. The number of carbonyl (C=O) groups excluding carboxylic acids is 2. The van der Waals surface area contributed by atoms with Gasteiger partial charge in [-0.1, -0.05) is 60.7 Å². The van der Waals surface area contributed by atoms with Crippen LogP contribution in [0.1, 0.15) is 29.2 Å². The van der Waals surface area contributed by atoms with E-state index >= 15 is 0 Å². The molecule has 188 valence electrons. The van der Waals surface area contributed by atoms with Crippen molar-refractivity contribution in [2.45, 2.75) is 20.1 Å². The first kappa shape index (κ1) is 25.1. The van der Waals surface area contributed by atoms with Crippen molar-refractivity contribution in [3.63, 3.8) is 0 Å². The summed E-state index contributed by atoms with van der Waals surface area (Å²) in [6, 6.07) is 28.7. The Bertz CT molecular complexity index is 1610. The van der Waals surface area contributed by atoms with Gasteiger partial charge in [0.05, 0.1) is 29.7 Å². The summed E-state index contributed by atoms with van der Waals surface area (Å²) >= 11 is 0.930. The van der Waals surface area contributed by atoms with E-state index in [0.29, 0.717) is 28.6 Å². The number of imide groups is 1. The molecule has 0 bridgehead atoms. The first-order valence-corrected chi connectivity index (χ1v) is 13.0. The number of hydrogen-bond acceptors (Lipinski definition) is 6. The quantitative estimate of drug-likeness (QED) is 0.235. The molecule has 0 N–H and O–H groups in total. The zero-order chi connectivity index (χ0) is 26.5. The van der Waals surface area contributed by atoms with E-state index in [0.717, 1.165) is 39.2 Å². The molecule has 5 rings (SSSR count). The van der Waals surface area contributed by atoms with Crippen LogP contribution >= 0.6 is 11.8 Å². The molecule has 6 nitrogen and oxygen atoms in total. The van der Waals surface area contributed by atoms with Gasteiger partial charge in [0.1, 0.15) is 6.61 Å². The van der Waals surface area contributed by atoms with Crippen LogP contribution in [0.2, 0.25) is 0 Å². The maximum absolute atomic E-state index is 13.1. The maximum Gasteiger partial charge on any atom is 0.293 e. The highest BCUT2D eigenvalue weighted by atomic mass is 32.2. The number of nitriles is 1. The van der Waals surface area contributed by atoms with Gasteiger partial charge in [-0.25, -0.2) is 0 Å². The Morgan fingerprint density at radius 1 is 0.895 bits per heavy atom. The fraction of sp³-hybridized carbons (Fsp3) is 0.129. The zero-order valence-electron chi connectivity index (χ0n) is 20.7. The number of thioether (sulfide) groups is 1.